The predicted octanol–water partition coefficient (Wildman–Crippen LogP) is 2.48. The molecule has 0 aromatic carbocycles. The van der Waals surface area contributed by atoms with Gasteiger partial charge in [0.15, 0.2) is 0 Å². The number of hydrogen-bond donors (Lipinski definition) is 2. The molecule has 0 bridgehead atoms. The van der Waals surface area contributed by atoms with Crippen LogP contribution in [-0.2, 0) is 0 Å². The molecule has 1 heterocycles. The minimum Gasteiger partial charge on any atom is -0.390 e. The summed E-state index contributed by atoms with van der Waals surface area (Å²) in [4.78, 5) is 11.3. The van der Waals surface area contributed by atoms with Crippen molar-refractivity contribution in [1.82, 2.24) is 0 Å². The van der Waals surface area contributed by atoms with Crippen LogP contribution in [0.2, 0.25) is 0 Å². The fourth-order valence-electron chi connectivity index (χ4n) is 2.36. The molecular weight excluding hydrogens is 208 g/mol. The molecule has 0 saturated heterocycles. The molecule has 1 saturated carbocycles. The number of carbonyl (C=O) groups is 1. The summed E-state index contributed by atoms with van der Waals surface area (Å²) in [5.41, 5.74) is 12.8. The minimum atomic E-state index is -0.380. The van der Waals surface area contributed by atoms with Crippen LogP contribution in [0.15, 0.2) is 5.38 Å². The van der Waals surface area contributed by atoms with Crippen LogP contribution in [-0.4, -0.2) is 5.91 Å². The lowest BCUT2D eigenvalue weighted by Gasteiger charge is -2.21. The van der Waals surface area contributed by atoms with Crippen LogP contribution < -0.4 is 11.5 Å². The van der Waals surface area contributed by atoms with Crippen molar-refractivity contribution in [2.45, 2.75) is 38.0 Å². The molecule has 0 radical (unpaired) electrons. The number of thiophene rings is 1. The molecule has 4 N–H and O–H groups in total. The first-order chi connectivity index (χ1) is 7.20. The fraction of sp³-hybridized carbons (Fsp3) is 0.545. The zero-order valence-electron chi connectivity index (χ0n) is 8.66. The quantitative estimate of drug-likeness (QED) is 0.810. The van der Waals surface area contributed by atoms with Gasteiger partial charge >= 0.3 is 0 Å². The third-order valence-corrected chi connectivity index (χ3v) is 3.97. The molecule has 1 amide bonds. The summed E-state index contributed by atoms with van der Waals surface area (Å²) >= 11 is 1.43. The Hall–Kier alpha value is -1.03. The van der Waals surface area contributed by atoms with Crippen LogP contribution in [0.3, 0.4) is 0 Å². The van der Waals surface area contributed by atoms with Crippen LogP contribution in [0.5, 0.6) is 0 Å². The number of anilines is 1. The molecule has 1 aromatic heterocycles. The summed E-state index contributed by atoms with van der Waals surface area (Å²) in [6.07, 6.45) is 6.13. The summed E-state index contributed by atoms with van der Waals surface area (Å²) in [6, 6.07) is 0. The van der Waals surface area contributed by atoms with Gasteiger partial charge in [0.1, 0.15) is 0 Å². The van der Waals surface area contributed by atoms with Crippen LogP contribution in [0.4, 0.5) is 5.00 Å². The van der Waals surface area contributed by atoms with Crippen molar-refractivity contribution in [2.75, 3.05) is 5.73 Å². The van der Waals surface area contributed by atoms with Gasteiger partial charge in [-0.1, -0.05) is 19.3 Å². The first-order valence-corrected chi connectivity index (χ1v) is 6.24. The fourth-order valence-corrected chi connectivity index (χ4v) is 3.27. The number of rotatable bonds is 2. The molecule has 1 fully saturated rings. The van der Waals surface area contributed by atoms with Gasteiger partial charge in [-0.25, -0.2) is 0 Å². The molecule has 1 aliphatic carbocycles. The maximum absolute atomic E-state index is 11.3. The Morgan fingerprint density at radius 1 is 1.33 bits per heavy atom. The summed E-state index contributed by atoms with van der Waals surface area (Å²) in [5, 5.41) is 2.58. The third-order valence-electron chi connectivity index (χ3n) is 3.14. The van der Waals surface area contributed by atoms with Crippen molar-refractivity contribution >= 4 is 22.2 Å². The Morgan fingerprint density at radius 3 is 2.60 bits per heavy atom. The third kappa shape index (κ3) is 2.00. The van der Waals surface area contributed by atoms with Crippen LogP contribution >= 0.6 is 11.3 Å². The van der Waals surface area contributed by atoms with Crippen molar-refractivity contribution in [1.29, 1.82) is 0 Å². The van der Waals surface area contributed by atoms with Crippen LogP contribution in [0, 0.1) is 0 Å². The van der Waals surface area contributed by atoms with E-state index < -0.39 is 0 Å². The van der Waals surface area contributed by atoms with Gasteiger partial charge in [0.2, 0.25) is 0 Å². The van der Waals surface area contributed by atoms with Crippen molar-refractivity contribution in [2.24, 2.45) is 5.73 Å². The number of hydrogen-bond acceptors (Lipinski definition) is 3. The van der Waals surface area contributed by atoms with E-state index in [1.54, 1.807) is 0 Å². The van der Waals surface area contributed by atoms with E-state index in [0.717, 1.165) is 18.4 Å². The molecule has 82 valence electrons. The molecule has 0 aliphatic heterocycles. The normalized spacial score (nSPS) is 17.9. The van der Waals surface area contributed by atoms with E-state index in [2.05, 4.69) is 0 Å². The molecule has 4 heteroatoms. The summed E-state index contributed by atoms with van der Waals surface area (Å²) < 4.78 is 0. The van der Waals surface area contributed by atoms with Gasteiger partial charge in [-0.15, -0.1) is 11.3 Å². The van der Waals surface area contributed by atoms with Crippen molar-refractivity contribution in [3.63, 3.8) is 0 Å². The topological polar surface area (TPSA) is 69.1 Å². The number of primary amides is 1. The second kappa shape index (κ2) is 4.23. The van der Waals surface area contributed by atoms with E-state index in [0.29, 0.717) is 16.5 Å². The standard InChI is InChI=1S/C11H16N2OS/c12-10(14)9-8(6-15-11(9)13)7-4-2-1-3-5-7/h6-7H,1-5,13H2,(H2,12,14). The molecular formula is C11H16N2OS. The first kappa shape index (κ1) is 10.5. The Balaban J connectivity index is 2.30. The number of nitrogens with two attached hydrogens (primary N) is 2. The van der Waals surface area contributed by atoms with Gasteiger partial charge in [0.25, 0.3) is 5.91 Å². The predicted molar refractivity (Wildman–Crippen MR) is 63.1 cm³/mol. The highest BCUT2D eigenvalue weighted by Crippen LogP contribution is 2.38. The van der Waals surface area contributed by atoms with E-state index in [1.165, 1.54) is 30.6 Å². The molecule has 1 aromatic rings. The highest BCUT2D eigenvalue weighted by Gasteiger charge is 2.23. The van der Waals surface area contributed by atoms with Gasteiger partial charge in [-0.05, 0) is 29.7 Å². The Morgan fingerprint density at radius 2 is 2.00 bits per heavy atom. The monoisotopic (exact) mass is 224 g/mol. The van der Waals surface area contributed by atoms with E-state index in [9.17, 15) is 4.79 Å². The van der Waals surface area contributed by atoms with Gasteiger partial charge in [0, 0.05) is 0 Å². The van der Waals surface area contributed by atoms with Crippen LogP contribution in [0.25, 0.3) is 0 Å². The molecule has 0 spiro atoms. The molecule has 2 rings (SSSR count). The van der Waals surface area contributed by atoms with Crippen molar-refractivity contribution in [3.05, 3.63) is 16.5 Å². The minimum absolute atomic E-state index is 0.380. The summed E-state index contributed by atoms with van der Waals surface area (Å²) in [5.74, 6) is 0.115. The molecule has 1 aliphatic rings. The lowest BCUT2D eigenvalue weighted by molar-refractivity contribution is 0.1000. The number of nitrogen functional groups attached to an aromatic ring is 1. The number of carbonyl (C=O) groups excluding carboxylic acids is 1. The Kier molecular flexibility index (Phi) is 2.95. The van der Waals surface area contributed by atoms with Crippen molar-refractivity contribution in [3.8, 4) is 0 Å². The lowest BCUT2D eigenvalue weighted by Crippen LogP contribution is -2.16. The highest BCUT2D eigenvalue weighted by molar-refractivity contribution is 7.14. The zero-order valence-corrected chi connectivity index (χ0v) is 9.48. The molecule has 15 heavy (non-hydrogen) atoms. The zero-order chi connectivity index (χ0) is 10.8. The average molecular weight is 224 g/mol. The Bertz CT molecular complexity index is 367. The first-order valence-electron chi connectivity index (χ1n) is 5.37. The lowest BCUT2D eigenvalue weighted by atomic mass is 9.83. The van der Waals surface area contributed by atoms with Gasteiger partial charge in [-0.3, -0.25) is 4.79 Å². The largest absolute Gasteiger partial charge is 0.390 e. The smallest absolute Gasteiger partial charge is 0.251 e. The maximum atomic E-state index is 11.3. The SMILES string of the molecule is NC(=O)c1c(C2CCCCC2)csc1N. The van der Waals surface area contributed by atoms with Gasteiger partial charge in [0.05, 0.1) is 10.6 Å². The second-order valence-corrected chi connectivity index (χ2v) is 5.04. The van der Waals surface area contributed by atoms with Crippen molar-refractivity contribution < 1.29 is 4.79 Å². The maximum Gasteiger partial charge on any atom is 0.251 e. The number of amides is 1. The second-order valence-electron chi connectivity index (χ2n) is 4.13. The van der Waals surface area contributed by atoms with E-state index in [4.69, 9.17) is 11.5 Å². The van der Waals surface area contributed by atoms with E-state index in [-0.39, 0.29) is 5.91 Å². The summed E-state index contributed by atoms with van der Waals surface area (Å²) in [7, 11) is 0. The summed E-state index contributed by atoms with van der Waals surface area (Å²) in [6.45, 7) is 0. The van der Waals surface area contributed by atoms with Crippen LogP contribution in [0.1, 0.15) is 53.9 Å². The van der Waals surface area contributed by atoms with E-state index >= 15 is 0 Å². The molecule has 0 atom stereocenters. The van der Waals surface area contributed by atoms with Gasteiger partial charge < -0.3 is 11.5 Å². The average Bonchev–Trinajstić information content (AvgIpc) is 2.61. The Labute approximate surface area is 93.5 Å². The van der Waals surface area contributed by atoms with Gasteiger partial charge in [-0.2, -0.15) is 0 Å². The molecule has 0 unspecified atom stereocenters. The van der Waals surface area contributed by atoms with E-state index in [1.807, 2.05) is 5.38 Å². The highest BCUT2D eigenvalue weighted by atomic mass is 32.1. The molecule has 3 nitrogen and oxygen atoms in total.